The van der Waals surface area contributed by atoms with Gasteiger partial charge in [-0.05, 0) is 48.8 Å². The van der Waals surface area contributed by atoms with E-state index in [4.69, 9.17) is 0 Å². The molecule has 1 saturated carbocycles. The summed E-state index contributed by atoms with van der Waals surface area (Å²) >= 11 is 0. The summed E-state index contributed by atoms with van der Waals surface area (Å²) in [5.41, 5.74) is 1.61. The summed E-state index contributed by atoms with van der Waals surface area (Å²) in [7, 11) is 0. The number of hydrogen-bond acceptors (Lipinski definition) is 2. The first-order chi connectivity index (χ1) is 11.2. The van der Waals surface area contributed by atoms with Crippen LogP contribution in [0.2, 0.25) is 0 Å². The van der Waals surface area contributed by atoms with Crippen molar-refractivity contribution in [3.05, 3.63) is 35.4 Å². The largest absolute Gasteiger partial charge is 0.480 e. The van der Waals surface area contributed by atoms with Gasteiger partial charge in [-0.2, -0.15) is 0 Å². The first kappa shape index (κ1) is 16.0. The number of rotatable bonds is 4. The van der Waals surface area contributed by atoms with Gasteiger partial charge in [0, 0.05) is 13.1 Å². The molecular weight excluding hydrogens is 290 g/mol. The Labute approximate surface area is 137 Å². The summed E-state index contributed by atoms with van der Waals surface area (Å²) in [5, 5.41) is 9.72. The first-order valence-corrected chi connectivity index (χ1v) is 8.70. The molecule has 3 rings (SSSR count). The first-order valence-electron chi connectivity index (χ1n) is 8.70. The molecule has 1 aromatic carbocycles. The van der Waals surface area contributed by atoms with Crippen molar-refractivity contribution in [3.63, 3.8) is 0 Å². The van der Waals surface area contributed by atoms with Gasteiger partial charge in [-0.1, -0.05) is 37.5 Å². The van der Waals surface area contributed by atoms with E-state index in [1.54, 1.807) is 11.0 Å². The molecular formula is C19H24NO3. The Kier molecular flexibility index (Phi) is 4.99. The monoisotopic (exact) mass is 314 g/mol. The maximum Gasteiger partial charge on any atom is 0.320 e. The van der Waals surface area contributed by atoms with Crippen LogP contribution in [0.15, 0.2) is 18.2 Å². The summed E-state index contributed by atoms with van der Waals surface area (Å²) in [5.74, 6) is -2.04. The number of carbonyl (C=O) groups excluding carboxylic acids is 1. The van der Waals surface area contributed by atoms with Crippen LogP contribution in [0, 0.1) is 6.07 Å². The maximum absolute atomic E-state index is 12.8. The number of likely N-dealkylation sites (tertiary alicyclic amines) is 1. The minimum absolute atomic E-state index is 0.258. The lowest BCUT2D eigenvalue weighted by atomic mass is 9.79. The fraction of sp³-hybridized carbons (Fsp3) is 0.579. The Bertz CT molecular complexity index is 572. The van der Waals surface area contributed by atoms with Crippen molar-refractivity contribution in [1.82, 2.24) is 4.90 Å². The van der Waals surface area contributed by atoms with Crippen molar-refractivity contribution < 1.29 is 14.7 Å². The topological polar surface area (TPSA) is 57.6 Å². The molecule has 1 radical (unpaired) electrons. The highest BCUT2D eigenvalue weighted by molar-refractivity contribution is 6.03. The van der Waals surface area contributed by atoms with E-state index in [0.717, 1.165) is 31.2 Å². The van der Waals surface area contributed by atoms with Crippen molar-refractivity contribution in [2.45, 2.75) is 56.8 Å². The Morgan fingerprint density at radius 2 is 1.83 bits per heavy atom. The molecule has 4 nitrogen and oxygen atoms in total. The van der Waals surface area contributed by atoms with Crippen LogP contribution in [0.1, 0.15) is 67.9 Å². The minimum Gasteiger partial charge on any atom is -0.480 e. The number of amides is 1. The molecule has 1 heterocycles. The van der Waals surface area contributed by atoms with Gasteiger partial charge in [0.1, 0.15) is 0 Å². The zero-order chi connectivity index (χ0) is 16.2. The van der Waals surface area contributed by atoms with Gasteiger partial charge in [0.25, 0.3) is 0 Å². The summed E-state index contributed by atoms with van der Waals surface area (Å²) in [4.78, 5) is 26.3. The highest BCUT2D eigenvalue weighted by Gasteiger charge is 2.35. The van der Waals surface area contributed by atoms with Crippen LogP contribution < -0.4 is 0 Å². The smallest absolute Gasteiger partial charge is 0.320 e. The molecule has 0 bridgehead atoms. The zero-order valence-corrected chi connectivity index (χ0v) is 13.5. The second kappa shape index (κ2) is 7.16. The van der Waals surface area contributed by atoms with Gasteiger partial charge < -0.3 is 10.0 Å². The predicted octanol–water partition coefficient (Wildman–Crippen LogP) is 3.33. The van der Waals surface area contributed by atoms with Crippen LogP contribution in [0.3, 0.4) is 0 Å². The highest BCUT2D eigenvalue weighted by Crippen LogP contribution is 2.37. The van der Waals surface area contributed by atoms with E-state index in [0.29, 0.717) is 24.6 Å². The van der Waals surface area contributed by atoms with Crippen LogP contribution in [-0.4, -0.2) is 35.0 Å². The molecule has 1 N–H and O–H groups in total. The third-order valence-corrected chi connectivity index (χ3v) is 5.16. The fourth-order valence-electron chi connectivity index (χ4n) is 3.95. The summed E-state index contributed by atoms with van der Waals surface area (Å²) in [6, 6.07) is 8.71. The van der Waals surface area contributed by atoms with Crippen LogP contribution in [0.4, 0.5) is 0 Å². The Morgan fingerprint density at radius 1 is 1.13 bits per heavy atom. The van der Waals surface area contributed by atoms with E-state index in [1.807, 2.05) is 12.1 Å². The molecule has 1 aromatic rings. The van der Waals surface area contributed by atoms with E-state index in [1.165, 1.54) is 19.3 Å². The zero-order valence-electron chi connectivity index (χ0n) is 13.5. The number of hydrogen-bond donors (Lipinski definition) is 1. The van der Waals surface area contributed by atoms with E-state index >= 15 is 0 Å². The molecule has 0 spiro atoms. The van der Waals surface area contributed by atoms with Crippen molar-refractivity contribution >= 4 is 11.9 Å². The van der Waals surface area contributed by atoms with Gasteiger partial charge in [-0.25, -0.2) is 0 Å². The quantitative estimate of drug-likeness (QED) is 0.867. The van der Waals surface area contributed by atoms with Crippen LogP contribution in [0.25, 0.3) is 0 Å². The molecule has 2 aliphatic rings. The minimum atomic E-state index is -1.08. The van der Waals surface area contributed by atoms with Gasteiger partial charge in [-0.15, -0.1) is 0 Å². The van der Waals surface area contributed by atoms with E-state index in [-0.39, 0.29) is 5.91 Å². The second-order valence-electron chi connectivity index (χ2n) is 6.68. The molecule has 1 unspecified atom stereocenters. The number of carboxylic acids is 1. The third-order valence-electron chi connectivity index (χ3n) is 5.16. The normalized spacial score (nSPS) is 20.4. The van der Waals surface area contributed by atoms with Gasteiger partial charge >= 0.3 is 5.97 Å². The molecule has 4 heteroatoms. The molecule has 1 amide bonds. The fourth-order valence-corrected chi connectivity index (χ4v) is 3.95. The Balaban J connectivity index is 1.93. The van der Waals surface area contributed by atoms with Crippen LogP contribution in [0.5, 0.6) is 0 Å². The van der Waals surface area contributed by atoms with Gasteiger partial charge in [0.2, 0.25) is 5.91 Å². The SMILES string of the molecule is O=C(O)C(C(=O)N1CCCC1)c1ccc[c]c1C1CCCCC1. The number of nitrogens with zero attached hydrogens (tertiary/aromatic N) is 1. The summed E-state index contributed by atoms with van der Waals surface area (Å²) in [6.45, 7) is 1.36. The van der Waals surface area contributed by atoms with E-state index < -0.39 is 11.9 Å². The number of carbonyl (C=O) groups is 2. The van der Waals surface area contributed by atoms with Crippen LogP contribution >= 0.6 is 0 Å². The van der Waals surface area contributed by atoms with Gasteiger partial charge in [0.05, 0.1) is 0 Å². The molecule has 0 aromatic heterocycles. The number of aliphatic carboxylic acids is 1. The molecule has 1 saturated heterocycles. The lowest BCUT2D eigenvalue weighted by molar-refractivity contribution is -0.146. The molecule has 1 atom stereocenters. The second-order valence-corrected chi connectivity index (χ2v) is 6.68. The number of carboxylic acid groups (broad SMARTS) is 1. The lowest BCUT2D eigenvalue weighted by Crippen LogP contribution is -2.36. The molecule has 2 fully saturated rings. The molecule has 1 aliphatic heterocycles. The van der Waals surface area contributed by atoms with Gasteiger partial charge in [0.15, 0.2) is 5.92 Å². The van der Waals surface area contributed by atoms with Crippen molar-refractivity contribution in [2.24, 2.45) is 0 Å². The average Bonchev–Trinajstić information content (AvgIpc) is 3.10. The maximum atomic E-state index is 12.8. The standard InChI is InChI=1S/C19H24NO3/c21-18(20-12-6-7-13-20)17(19(22)23)16-11-5-4-10-15(16)14-8-2-1-3-9-14/h4-5,11,14,17H,1-3,6-9,12-13H2,(H,22,23). The Morgan fingerprint density at radius 3 is 2.48 bits per heavy atom. The van der Waals surface area contributed by atoms with Crippen molar-refractivity contribution in [3.8, 4) is 0 Å². The van der Waals surface area contributed by atoms with Crippen LogP contribution in [-0.2, 0) is 9.59 Å². The summed E-state index contributed by atoms with van der Waals surface area (Å²) < 4.78 is 0. The third kappa shape index (κ3) is 3.41. The van der Waals surface area contributed by atoms with E-state index in [9.17, 15) is 14.7 Å². The molecule has 123 valence electrons. The molecule has 23 heavy (non-hydrogen) atoms. The highest BCUT2D eigenvalue weighted by atomic mass is 16.4. The summed E-state index contributed by atoms with van der Waals surface area (Å²) in [6.07, 6.45) is 7.65. The van der Waals surface area contributed by atoms with E-state index in [2.05, 4.69) is 6.07 Å². The van der Waals surface area contributed by atoms with Crippen molar-refractivity contribution in [2.75, 3.05) is 13.1 Å². The van der Waals surface area contributed by atoms with Crippen molar-refractivity contribution in [1.29, 1.82) is 0 Å². The van der Waals surface area contributed by atoms with Gasteiger partial charge in [-0.3, -0.25) is 9.59 Å². The lowest BCUT2D eigenvalue weighted by Gasteiger charge is -2.27. The predicted molar refractivity (Wildman–Crippen MR) is 87.3 cm³/mol. The number of benzene rings is 1. The molecule has 1 aliphatic carbocycles. The average molecular weight is 314 g/mol. The Hall–Kier alpha value is -1.84.